The molecule has 0 N–H and O–H groups in total. The Bertz CT molecular complexity index is 1210. The molecule has 2 aromatic heterocycles. The fourth-order valence-electron chi connectivity index (χ4n) is 5.06. The van der Waals surface area contributed by atoms with Crippen LogP contribution in [-0.2, 0) is 6.42 Å². The van der Waals surface area contributed by atoms with Gasteiger partial charge in [-0.05, 0) is 55.6 Å². The molecule has 0 bridgehead atoms. The van der Waals surface area contributed by atoms with E-state index in [4.69, 9.17) is 14.5 Å². The SMILES string of the molecule is CCc1cc(N2CCN3CCC[C@@H]3C2)cn2c(=O)cc(-c3ccc(OC)c(OC)c3)nc12. The Labute approximate surface area is 188 Å². The lowest BCUT2D eigenvalue weighted by atomic mass is 10.1. The van der Waals surface area contributed by atoms with Gasteiger partial charge in [0.05, 0.1) is 25.6 Å². The van der Waals surface area contributed by atoms with Crippen molar-refractivity contribution in [2.24, 2.45) is 0 Å². The molecule has 1 aromatic carbocycles. The fraction of sp³-hybridized carbons (Fsp3) is 0.440. The van der Waals surface area contributed by atoms with Crippen LogP contribution in [0.1, 0.15) is 25.3 Å². The average Bonchev–Trinajstić information content (AvgIpc) is 3.31. The van der Waals surface area contributed by atoms with Crippen molar-refractivity contribution in [2.75, 3.05) is 45.3 Å². The van der Waals surface area contributed by atoms with E-state index in [1.54, 1.807) is 24.7 Å². The summed E-state index contributed by atoms with van der Waals surface area (Å²) < 4.78 is 12.5. The average molecular weight is 435 g/mol. The van der Waals surface area contributed by atoms with E-state index in [0.29, 0.717) is 28.9 Å². The van der Waals surface area contributed by atoms with Gasteiger partial charge in [0, 0.05) is 43.5 Å². The summed E-state index contributed by atoms with van der Waals surface area (Å²) in [6, 6.07) is 10.0. The number of anilines is 1. The predicted molar refractivity (Wildman–Crippen MR) is 126 cm³/mol. The third-order valence-corrected chi connectivity index (χ3v) is 6.84. The van der Waals surface area contributed by atoms with Gasteiger partial charge in [0.25, 0.3) is 5.56 Å². The number of nitrogens with zero attached hydrogens (tertiary/aromatic N) is 4. The molecular formula is C25H30N4O3. The third kappa shape index (κ3) is 3.60. The van der Waals surface area contributed by atoms with Gasteiger partial charge in [-0.2, -0.15) is 0 Å². The first-order valence-corrected chi connectivity index (χ1v) is 11.4. The summed E-state index contributed by atoms with van der Waals surface area (Å²) in [5.41, 5.74) is 4.30. The number of benzene rings is 1. The Morgan fingerprint density at radius 1 is 1.06 bits per heavy atom. The number of aryl methyl sites for hydroxylation is 1. The Morgan fingerprint density at radius 2 is 1.91 bits per heavy atom. The van der Waals surface area contributed by atoms with E-state index in [1.807, 2.05) is 24.4 Å². The molecule has 7 heteroatoms. The molecule has 0 unspecified atom stereocenters. The molecule has 5 rings (SSSR count). The smallest absolute Gasteiger partial charge is 0.258 e. The summed E-state index contributed by atoms with van der Waals surface area (Å²) in [5.74, 6) is 1.26. The van der Waals surface area contributed by atoms with Gasteiger partial charge in [-0.25, -0.2) is 4.98 Å². The number of hydrogen-bond acceptors (Lipinski definition) is 6. The van der Waals surface area contributed by atoms with Gasteiger partial charge in [-0.15, -0.1) is 0 Å². The molecule has 32 heavy (non-hydrogen) atoms. The fourth-order valence-corrected chi connectivity index (χ4v) is 5.06. The van der Waals surface area contributed by atoms with Crippen molar-refractivity contribution in [3.8, 4) is 22.8 Å². The van der Waals surface area contributed by atoms with E-state index in [-0.39, 0.29) is 5.56 Å². The Kier molecular flexibility index (Phi) is 5.51. The molecule has 0 amide bonds. The predicted octanol–water partition coefficient (Wildman–Crippen LogP) is 3.23. The highest BCUT2D eigenvalue weighted by Gasteiger charge is 2.31. The lowest BCUT2D eigenvalue weighted by Gasteiger charge is -2.39. The summed E-state index contributed by atoms with van der Waals surface area (Å²) in [5, 5.41) is 0. The van der Waals surface area contributed by atoms with Crippen molar-refractivity contribution in [3.05, 3.63) is 52.4 Å². The van der Waals surface area contributed by atoms with E-state index in [2.05, 4.69) is 22.8 Å². The van der Waals surface area contributed by atoms with Gasteiger partial charge < -0.3 is 14.4 Å². The van der Waals surface area contributed by atoms with Crippen LogP contribution >= 0.6 is 0 Å². The molecule has 2 aliphatic heterocycles. The number of methoxy groups -OCH3 is 2. The lowest BCUT2D eigenvalue weighted by molar-refractivity contribution is 0.231. The molecule has 0 spiro atoms. The maximum Gasteiger partial charge on any atom is 0.258 e. The quantitative estimate of drug-likeness (QED) is 0.615. The number of piperazine rings is 1. The van der Waals surface area contributed by atoms with Crippen molar-refractivity contribution in [1.29, 1.82) is 0 Å². The van der Waals surface area contributed by atoms with Crippen LogP contribution in [0.3, 0.4) is 0 Å². The van der Waals surface area contributed by atoms with Gasteiger partial charge in [0.2, 0.25) is 0 Å². The number of ether oxygens (including phenoxy) is 2. The highest BCUT2D eigenvalue weighted by atomic mass is 16.5. The lowest BCUT2D eigenvalue weighted by Crippen LogP contribution is -2.50. The Morgan fingerprint density at radius 3 is 2.69 bits per heavy atom. The molecule has 2 aliphatic rings. The summed E-state index contributed by atoms with van der Waals surface area (Å²) in [6.45, 7) is 6.45. The Hall–Kier alpha value is -3.06. The van der Waals surface area contributed by atoms with Crippen LogP contribution in [0.4, 0.5) is 5.69 Å². The van der Waals surface area contributed by atoms with Crippen molar-refractivity contribution in [1.82, 2.24) is 14.3 Å². The number of aromatic nitrogens is 2. The van der Waals surface area contributed by atoms with Gasteiger partial charge in [0.1, 0.15) is 5.65 Å². The number of pyridine rings is 1. The van der Waals surface area contributed by atoms with Crippen LogP contribution in [0, 0.1) is 0 Å². The zero-order valence-electron chi connectivity index (χ0n) is 19.0. The largest absolute Gasteiger partial charge is 0.493 e. The molecule has 4 heterocycles. The minimum absolute atomic E-state index is 0.0733. The van der Waals surface area contributed by atoms with E-state index in [9.17, 15) is 4.79 Å². The summed E-state index contributed by atoms with van der Waals surface area (Å²) >= 11 is 0. The van der Waals surface area contributed by atoms with Gasteiger partial charge in [0.15, 0.2) is 11.5 Å². The third-order valence-electron chi connectivity index (χ3n) is 6.84. The van der Waals surface area contributed by atoms with Gasteiger partial charge in [-0.1, -0.05) is 6.92 Å². The van der Waals surface area contributed by atoms with Crippen LogP contribution in [0.15, 0.2) is 41.3 Å². The maximum atomic E-state index is 13.2. The van der Waals surface area contributed by atoms with Crippen molar-refractivity contribution < 1.29 is 9.47 Å². The van der Waals surface area contributed by atoms with E-state index < -0.39 is 0 Å². The number of hydrogen-bond donors (Lipinski definition) is 0. The first-order chi connectivity index (χ1) is 15.6. The standard InChI is InChI=1S/C25H30N4O3/c1-4-17-12-20(28-11-10-27-9-5-6-19(27)15-28)16-29-24(30)14-21(26-25(17)29)18-7-8-22(31-2)23(13-18)32-3/h7-8,12-14,16,19H,4-6,9-11,15H2,1-3H3/t19-/m1/s1. The van der Waals surface area contributed by atoms with Crippen molar-refractivity contribution in [2.45, 2.75) is 32.2 Å². The highest BCUT2D eigenvalue weighted by molar-refractivity contribution is 5.67. The van der Waals surface area contributed by atoms with Crippen LogP contribution in [0.5, 0.6) is 11.5 Å². The minimum Gasteiger partial charge on any atom is -0.493 e. The van der Waals surface area contributed by atoms with Crippen LogP contribution in [-0.4, -0.2) is 60.7 Å². The molecule has 7 nitrogen and oxygen atoms in total. The van der Waals surface area contributed by atoms with E-state index in [0.717, 1.165) is 42.9 Å². The zero-order chi connectivity index (χ0) is 22.2. The van der Waals surface area contributed by atoms with Crippen molar-refractivity contribution in [3.63, 3.8) is 0 Å². The van der Waals surface area contributed by atoms with Crippen LogP contribution in [0.2, 0.25) is 0 Å². The van der Waals surface area contributed by atoms with Crippen LogP contribution in [0.25, 0.3) is 16.9 Å². The maximum absolute atomic E-state index is 13.2. The molecule has 168 valence electrons. The molecule has 0 saturated carbocycles. The molecule has 3 aromatic rings. The molecule has 1 atom stereocenters. The second kappa shape index (κ2) is 8.47. The molecule has 0 aliphatic carbocycles. The van der Waals surface area contributed by atoms with Gasteiger partial charge in [-0.3, -0.25) is 14.1 Å². The monoisotopic (exact) mass is 434 g/mol. The second-order valence-electron chi connectivity index (χ2n) is 8.60. The van der Waals surface area contributed by atoms with E-state index >= 15 is 0 Å². The van der Waals surface area contributed by atoms with E-state index in [1.165, 1.54) is 19.4 Å². The number of rotatable bonds is 5. The number of fused-ring (bicyclic) bond motifs is 2. The topological polar surface area (TPSA) is 59.3 Å². The molecule has 2 saturated heterocycles. The molecular weight excluding hydrogens is 404 g/mol. The van der Waals surface area contributed by atoms with Crippen LogP contribution < -0.4 is 19.9 Å². The summed E-state index contributed by atoms with van der Waals surface area (Å²) in [4.78, 5) is 23.1. The first kappa shape index (κ1) is 20.8. The minimum atomic E-state index is -0.0733. The summed E-state index contributed by atoms with van der Waals surface area (Å²) in [7, 11) is 3.21. The summed E-state index contributed by atoms with van der Waals surface area (Å²) in [6.07, 6.45) is 5.33. The molecule has 2 fully saturated rings. The first-order valence-electron chi connectivity index (χ1n) is 11.4. The molecule has 0 radical (unpaired) electrons. The van der Waals surface area contributed by atoms with Gasteiger partial charge >= 0.3 is 0 Å². The van der Waals surface area contributed by atoms with Crippen molar-refractivity contribution >= 4 is 11.3 Å². The second-order valence-corrected chi connectivity index (χ2v) is 8.60. The highest BCUT2D eigenvalue weighted by Crippen LogP contribution is 2.32. The zero-order valence-corrected chi connectivity index (χ0v) is 19.0. The normalized spacial score (nSPS) is 18.7. The Balaban J connectivity index is 1.56.